The molecule has 0 unspecified atom stereocenters. The second-order valence-electron chi connectivity index (χ2n) is 7.00. The lowest BCUT2D eigenvalue weighted by Gasteiger charge is -2.32. The minimum atomic E-state index is -4.46. The maximum absolute atomic E-state index is 13.6. The van der Waals surface area contributed by atoms with Crippen LogP contribution in [-0.4, -0.2) is 27.2 Å². The summed E-state index contributed by atoms with van der Waals surface area (Å²) in [5.41, 5.74) is 5.67. The normalized spacial score (nSPS) is 16.0. The number of fused-ring (bicyclic) bond motifs is 1. The number of alkyl halides is 3. The van der Waals surface area contributed by atoms with Gasteiger partial charge >= 0.3 is 6.18 Å². The summed E-state index contributed by atoms with van der Waals surface area (Å²) in [6, 6.07) is 5.28. The van der Waals surface area contributed by atoms with Crippen molar-refractivity contribution in [2.45, 2.75) is 19.1 Å². The van der Waals surface area contributed by atoms with Crippen molar-refractivity contribution in [3.05, 3.63) is 70.9 Å². The smallest absolute Gasteiger partial charge is 0.381 e. The van der Waals surface area contributed by atoms with Crippen LogP contribution in [0.3, 0.4) is 0 Å². The topological polar surface area (TPSA) is 77.0 Å². The molecule has 1 atom stereocenters. The van der Waals surface area contributed by atoms with E-state index in [4.69, 9.17) is 5.73 Å². The third-order valence-corrected chi connectivity index (χ3v) is 4.82. The van der Waals surface area contributed by atoms with E-state index in [1.54, 1.807) is 0 Å². The van der Waals surface area contributed by atoms with E-state index in [1.807, 2.05) is 6.92 Å². The maximum Gasteiger partial charge on any atom is 0.416 e. The Morgan fingerprint density at radius 3 is 2.52 bits per heavy atom. The van der Waals surface area contributed by atoms with Crippen LogP contribution in [0.5, 0.6) is 0 Å². The van der Waals surface area contributed by atoms with Crippen LogP contribution in [0.2, 0.25) is 0 Å². The first-order chi connectivity index (χ1) is 14.6. The Hall–Kier alpha value is -3.87. The number of pyridine rings is 1. The molecular formula is C21H15F4N5O. The molecular weight excluding hydrogens is 414 g/mol. The highest BCUT2D eigenvalue weighted by Crippen LogP contribution is 2.32. The molecule has 2 N–H and O–H groups in total. The molecule has 1 amide bonds. The second kappa shape index (κ2) is 7.43. The van der Waals surface area contributed by atoms with Crippen molar-refractivity contribution in [3.8, 4) is 11.8 Å². The molecule has 0 fully saturated rings. The van der Waals surface area contributed by atoms with Crippen LogP contribution < -0.4 is 10.6 Å². The predicted molar refractivity (Wildman–Crippen MR) is 105 cm³/mol. The van der Waals surface area contributed by atoms with Crippen LogP contribution in [0.4, 0.5) is 29.1 Å². The SMILES string of the molecule is C[C@H]1CN(c2ccc(C(F)(F)F)cc2)C(=O)c2c(C#Cc3cnc(N)c(F)c3)cnn21. The Morgan fingerprint density at radius 1 is 1.16 bits per heavy atom. The quantitative estimate of drug-likeness (QED) is 0.473. The van der Waals surface area contributed by atoms with Crippen molar-refractivity contribution in [2.24, 2.45) is 0 Å². The summed E-state index contributed by atoms with van der Waals surface area (Å²) in [6.45, 7) is 2.06. The third kappa shape index (κ3) is 3.82. The molecule has 158 valence electrons. The van der Waals surface area contributed by atoms with E-state index in [9.17, 15) is 22.4 Å². The zero-order valence-corrected chi connectivity index (χ0v) is 16.1. The van der Waals surface area contributed by atoms with E-state index in [-0.39, 0.29) is 29.7 Å². The molecule has 0 saturated heterocycles. The molecule has 0 radical (unpaired) electrons. The summed E-state index contributed by atoms with van der Waals surface area (Å²) >= 11 is 0. The summed E-state index contributed by atoms with van der Waals surface area (Å²) in [7, 11) is 0. The number of rotatable bonds is 1. The van der Waals surface area contributed by atoms with Crippen LogP contribution in [0, 0.1) is 17.7 Å². The Kier molecular flexibility index (Phi) is 4.89. The van der Waals surface area contributed by atoms with Crippen LogP contribution >= 0.6 is 0 Å². The number of amides is 1. The number of carbonyl (C=O) groups excluding carboxylic acids is 1. The largest absolute Gasteiger partial charge is 0.416 e. The highest BCUT2D eigenvalue weighted by Gasteiger charge is 2.34. The summed E-state index contributed by atoms with van der Waals surface area (Å²) in [5, 5.41) is 4.21. The Balaban J connectivity index is 1.68. The first kappa shape index (κ1) is 20.4. The van der Waals surface area contributed by atoms with E-state index in [1.165, 1.54) is 34.1 Å². The van der Waals surface area contributed by atoms with Gasteiger partial charge in [0.25, 0.3) is 5.91 Å². The zero-order valence-electron chi connectivity index (χ0n) is 16.1. The number of aromatic nitrogens is 3. The number of anilines is 2. The zero-order chi connectivity index (χ0) is 22.3. The van der Waals surface area contributed by atoms with Gasteiger partial charge in [-0.25, -0.2) is 9.37 Å². The van der Waals surface area contributed by atoms with Gasteiger partial charge < -0.3 is 10.6 Å². The van der Waals surface area contributed by atoms with Crippen LogP contribution in [-0.2, 0) is 6.18 Å². The summed E-state index contributed by atoms with van der Waals surface area (Å²) in [5.74, 6) is 4.12. The maximum atomic E-state index is 13.6. The molecule has 1 aliphatic heterocycles. The van der Waals surface area contributed by atoms with Crippen molar-refractivity contribution in [2.75, 3.05) is 17.2 Å². The van der Waals surface area contributed by atoms with Crippen LogP contribution in [0.1, 0.15) is 40.1 Å². The average Bonchev–Trinajstić information content (AvgIpc) is 3.16. The highest BCUT2D eigenvalue weighted by atomic mass is 19.4. The fourth-order valence-electron chi connectivity index (χ4n) is 3.26. The van der Waals surface area contributed by atoms with Gasteiger partial charge in [-0.15, -0.1) is 0 Å². The summed E-state index contributed by atoms with van der Waals surface area (Å²) in [4.78, 5) is 18.2. The Labute approximate surface area is 174 Å². The fraction of sp³-hybridized carbons (Fsp3) is 0.190. The fourth-order valence-corrected chi connectivity index (χ4v) is 3.26. The molecule has 0 aliphatic carbocycles. The first-order valence-corrected chi connectivity index (χ1v) is 9.15. The number of halogens is 4. The molecule has 10 heteroatoms. The minimum absolute atomic E-state index is 0.204. The van der Waals surface area contributed by atoms with Gasteiger partial charge in [-0.2, -0.15) is 18.3 Å². The van der Waals surface area contributed by atoms with Crippen LogP contribution in [0.25, 0.3) is 0 Å². The van der Waals surface area contributed by atoms with E-state index in [0.29, 0.717) is 11.3 Å². The standard InChI is InChI=1S/C21H15F4N5O/c1-12-11-29(16-6-4-15(5-7-16)21(23,24)25)20(31)18-14(10-28-30(12)18)3-2-13-8-17(22)19(26)27-9-13/h4-10,12H,11H2,1H3,(H2,26,27)/t12-/m0/s1. The van der Waals surface area contributed by atoms with Gasteiger partial charge in [0.1, 0.15) is 5.69 Å². The minimum Gasteiger partial charge on any atom is -0.381 e. The van der Waals surface area contributed by atoms with E-state index in [2.05, 4.69) is 21.9 Å². The first-order valence-electron chi connectivity index (χ1n) is 9.15. The van der Waals surface area contributed by atoms with Crippen molar-refractivity contribution >= 4 is 17.4 Å². The van der Waals surface area contributed by atoms with E-state index in [0.717, 1.165) is 18.2 Å². The summed E-state index contributed by atoms with van der Waals surface area (Å²) < 4.78 is 53.6. The Bertz CT molecular complexity index is 1220. The van der Waals surface area contributed by atoms with Gasteiger partial charge in [0.05, 0.1) is 23.4 Å². The lowest BCUT2D eigenvalue weighted by Crippen LogP contribution is -2.43. The molecule has 31 heavy (non-hydrogen) atoms. The highest BCUT2D eigenvalue weighted by molar-refractivity contribution is 6.07. The Morgan fingerprint density at radius 2 is 1.87 bits per heavy atom. The molecule has 6 nitrogen and oxygen atoms in total. The number of carbonyl (C=O) groups is 1. The molecule has 1 aromatic carbocycles. The average molecular weight is 429 g/mol. The van der Waals surface area contributed by atoms with Gasteiger partial charge in [0.2, 0.25) is 0 Å². The predicted octanol–water partition coefficient (Wildman–Crippen LogP) is 3.64. The van der Waals surface area contributed by atoms with Gasteiger partial charge in [-0.3, -0.25) is 9.48 Å². The molecule has 1 aliphatic rings. The lowest BCUT2D eigenvalue weighted by molar-refractivity contribution is -0.137. The number of hydrogen-bond acceptors (Lipinski definition) is 4. The van der Waals surface area contributed by atoms with Gasteiger partial charge in [-0.05, 0) is 37.3 Å². The van der Waals surface area contributed by atoms with Crippen molar-refractivity contribution in [1.82, 2.24) is 14.8 Å². The second-order valence-corrected chi connectivity index (χ2v) is 7.00. The van der Waals surface area contributed by atoms with E-state index < -0.39 is 23.5 Å². The van der Waals surface area contributed by atoms with Gasteiger partial charge in [0, 0.05) is 24.0 Å². The van der Waals surface area contributed by atoms with Crippen molar-refractivity contribution < 1.29 is 22.4 Å². The van der Waals surface area contributed by atoms with E-state index >= 15 is 0 Å². The van der Waals surface area contributed by atoms with Gasteiger partial charge in [-0.1, -0.05) is 11.8 Å². The summed E-state index contributed by atoms with van der Waals surface area (Å²) in [6.07, 6.45) is -1.73. The monoisotopic (exact) mass is 429 g/mol. The van der Waals surface area contributed by atoms with Crippen molar-refractivity contribution in [3.63, 3.8) is 0 Å². The third-order valence-electron chi connectivity index (χ3n) is 4.82. The number of nitrogens with two attached hydrogens (primary N) is 1. The van der Waals surface area contributed by atoms with Crippen molar-refractivity contribution in [1.29, 1.82) is 0 Å². The molecule has 2 aromatic heterocycles. The number of benzene rings is 1. The molecule has 0 spiro atoms. The number of nitrogens with zero attached hydrogens (tertiary/aromatic N) is 4. The lowest BCUT2D eigenvalue weighted by atomic mass is 10.1. The molecule has 4 rings (SSSR count). The molecule has 3 heterocycles. The van der Waals surface area contributed by atoms with Gasteiger partial charge in [0.15, 0.2) is 11.6 Å². The molecule has 3 aromatic rings. The van der Waals surface area contributed by atoms with Crippen LogP contribution in [0.15, 0.2) is 42.7 Å². The molecule has 0 bridgehead atoms. The number of nitrogen functional groups attached to an aromatic ring is 1. The molecule has 0 saturated carbocycles. The number of hydrogen-bond donors (Lipinski definition) is 1.